The first-order chi connectivity index (χ1) is 12.3. The van der Waals surface area contributed by atoms with Crippen LogP contribution >= 0.6 is 0 Å². The minimum atomic E-state index is -0.614. The molecule has 1 aliphatic heterocycles. The van der Waals surface area contributed by atoms with Gasteiger partial charge in [-0.25, -0.2) is 4.39 Å². The van der Waals surface area contributed by atoms with Crippen LogP contribution in [0.3, 0.4) is 0 Å². The monoisotopic (exact) mass is 359 g/mol. The van der Waals surface area contributed by atoms with Crippen molar-refractivity contribution < 1.29 is 18.5 Å². The standard InChI is InChI=1S/C19H22FN3O3/c1-12(2)17-8-16(26-21-17)10-23-13(3)19(25)22(11-18(23)24)9-14-5-4-6-15(20)7-14/h4-8,12-13H,9-11H2,1-3H3/t13-/m0/s1. The highest BCUT2D eigenvalue weighted by Gasteiger charge is 2.37. The third kappa shape index (κ3) is 3.76. The van der Waals surface area contributed by atoms with Gasteiger partial charge in [0.1, 0.15) is 18.4 Å². The molecule has 1 aliphatic rings. The summed E-state index contributed by atoms with van der Waals surface area (Å²) in [6, 6.07) is 7.25. The molecule has 0 aliphatic carbocycles. The first-order valence-electron chi connectivity index (χ1n) is 8.63. The highest BCUT2D eigenvalue weighted by atomic mass is 19.1. The molecule has 1 atom stereocenters. The summed E-state index contributed by atoms with van der Waals surface area (Å²) < 4.78 is 18.6. The molecule has 2 heterocycles. The van der Waals surface area contributed by atoms with Crippen LogP contribution in [0.15, 0.2) is 34.9 Å². The van der Waals surface area contributed by atoms with E-state index < -0.39 is 6.04 Å². The number of benzene rings is 1. The van der Waals surface area contributed by atoms with E-state index in [-0.39, 0.29) is 43.2 Å². The lowest BCUT2D eigenvalue weighted by molar-refractivity contribution is -0.156. The summed E-state index contributed by atoms with van der Waals surface area (Å²) in [5, 5.41) is 3.99. The molecule has 2 amide bonds. The van der Waals surface area contributed by atoms with Gasteiger partial charge in [0.05, 0.1) is 12.2 Å². The molecule has 138 valence electrons. The summed E-state index contributed by atoms with van der Waals surface area (Å²) in [7, 11) is 0. The maximum atomic E-state index is 13.3. The number of nitrogens with zero attached hydrogens (tertiary/aromatic N) is 3. The highest BCUT2D eigenvalue weighted by Crippen LogP contribution is 2.20. The fourth-order valence-electron chi connectivity index (χ4n) is 3.00. The zero-order valence-corrected chi connectivity index (χ0v) is 15.1. The van der Waals surface area contributed by atoms with E-state index in [1.54, 1.807) is 19.1 Å². The van der Waals surface area contributed by atoms with Crippen LogP contribution in [-0.2, 0) is 22.7 Å². The molecule has 0 bridgehead atoms. The Bertz CT molecular complexity index is 818. The molecule has 0 unspecified atom stereocenters. The smallest absolute Gasteiger partial charge is 0.245 e. The number of halogens is 1. The van der Waals surface area contributed by atoms with Crippen LogP contribution < -0.4 is 0 Å². The first-order valence-corrected chi connectivity index (χ1v) is 8.63. The average molecular weight is 359 g/mol. The van der Waals surface area contributed by atoms with Gasteiger partial charge in [0.15, 0.2) is 5.76 Å². The Hall–Kier alpha value is -2.70. The number of carbonyl (C=O) groups excluding carboxylic acids is 2. The largest absolute Gasteiger partial charge is 0.359 e. The second-order valence-electron chi connectivity index (χ2n) is 6.89. The maximum absolute atomic E-state index is 13.3. The van der Waals surface area contributed by atoms with Crippen molar-refractivity contribution in [1.82, 2.24) is 15.0 Å². The molecule has 6 nitrogen and oxygen atoms in total. The molecule has 3 rings (SSSR count). The first kappa shape index (κ1) is 18.1. The van der Waals surface area contributed by atoms with Gasteiger partial charge in [-0.05, 0) is 30.5 Å². The number of carbonyl (C=O) groups is 2. The third-order valence-electron chi connectivity index (χ3n) is 4.54. The van der Waals surface area contributed by atoms with E-state index in [9.17, 15) is 14.0 Å². The van der Waals surface area contributed by atoms with Gasteiger partial charge in [-0.1, -0.05) is 31.1 Å². The van der Waals surface area contributed by atoms with E-state index in [0.717, 1.165) is 5.69 Å². The van der Waals surface area contributed by atoms with Gasteiger partial charge in [-0.2, -0.15) is 0 Å². The molecule has 0 radical (unpaired) electrons. The topological polar surface area (TPSA) is 66.7 Å². The lowest BCUT2D eigenvalue weighted by Crippen LogP contribution is -2.57. The van der Waals surface area contributed by atoms with Gasteiger partial charge < -0.3 is 14.3 Å². The van der Waals surface area contributed by atoms with E-state index >= 15 is 0 Å². The molecule has 0 saturated carbocycles. The summed E-state index contributed by atoms with van der Waals surface area (Å²) in [6.07, 6.45) is 0. The van der Waals surface area contributed by atoms with Gasteiger partial charge in [-0.15, -0.1) is 0 Å². The fourth-order valence-corrected chi connectivity index (χ4v) is 3.00. The number of piperazine rings is 1. The molecule has 1 aromatic carbocycles. The Morgan fingerprint density at radius 1 is 1.27 bits per heavy atom. The molecular formula is C19H22FN3O3. The van der Waals surface area contributed by atoms with Gasteiger partial charge in [-0.3, -0.25) is 9.59 Å². The van der Waals surface area contributed by atoms with E-state index in [1.165, 1.54) is 21.9 Å². The second kappa shape index (κ2) is 7.27. The van der Waals surface area contributed by atoms with Crippen LogP contribution in [0, 0.1) is 5.82 Å². The number of amides is 2. The molecule has 0 spiro atoms. The SMILES string of the molecule is CC(C)c1cc(CN2C(=O)CN(Cc3cccc(F)c3)C(=O)[C@@H]2C)on1. The Balaban J connectivity index is 1.70. The van der Waals surface area contributed by atoms with Crippen molar-refractivity contribution >= 4 is 11.8 Å². The predicted molar refractivity (Wildman–Crippen MR) is 92.4 cm³/mol. The van der Waals surface area contributed by atoms with E-state index in [1.807, 2.05) is 19.9 Å². The van der Waals surface area contributed by atoms with Crippen molar-refractivity contribution in [3.8, 4) is 0 Å². The van der Waals surface area contributed by atoms with E-state index in [0.29, 0.717) is 11.3 Å². The molecule has 1 saturated heterocycles. The summed E-state index contributed by atoms with van der Waals surface area (Å²) in [5.41, 5.74) is 1.47. The van der Waals surface area contributed by atoms with Crippen LogP contribution in [0.2, 0.25) is 0 Å². The number of hydrogen-bond donors (Lipinski definition) is 0. The van der Waals surface area contributed by atoms with E-state index in [2.05, 4.69) is 5.16 Å². The molecule has 1 fully saturated rings. The molecule has 7 heteroatoms. The van der Waals surface area contributed by atoms with Gasteiger partial charge in [0.25, 0.3) is 0 Å². The predicted octanol–water partition coefficient (Wildman–Crippen LogP) is 2.70. The molecular weight excluding hydrogens is 337 g/mol. The second-order valence-corrected chi connectivity index (χ2v) is 6.89. The maximum Gasteiger partial charge on any atom is 0.245 e. The van der Waals surface area contributed by atoms with Crippen LogP contribution in [0.1, 0.15) is 43.7 Å². The van der Waals surface area contributed by atoms with Crippen LogP contribution in [0.25, 0.3) is 0 Å². The van der Waals surface area contributed by atoms with Crippen molar-refractivity contribution in [2.45, 2.75) is 45.8 Å². The van der Waals surface area contributed by atoms with Gasteiger partial charge in [0.2, 0.25) is 11.8 Å². The summed E-state index contributed by atoms with van der Waals surface area (Å²) in [6.45, 7) is 6.08. The Morgan fingerprint density at radius 3 is 2.69 bits per heavy atom. The zero-order chi connectivity index (χ0) is 18.8. The normalized spacial score (nSPS) is 18.1. The van der Waals surface area contributed by atoms with Gasteiger partial charge in [0, 0.05) is 12.6 Å². The third-order valence-corrected chi connectivity index (χ3v) is 4.54. The molecule has 0 N–H and O–H groups in total. The van der Waals surface area contributed by atoms with Crippen LogP contribution in [0.4, 0.5) is 4.39 Å². The number of aromatic nitrogens is 1. The lowest BCUT2D eigenvalue weighted by atomic mass is 10.1. The summed E-state index contributed by atoms with van der Waals surface area (Å²) in [5.74, 6) is 0.0818. The highest BCUT2D eigenvalue weighted by molar-refractivity contribution is 5.94. The van der Waals surface area contributed by atoms with Crippen molar-refractivity contribution in [2.24, 2.45) is 0 Å². The number of hydrogen-bond acceptors (Lipinski definition) is 4. The zero-order valence-electron chi connectivity index (χ0n) is 15.1. The summed E-state index contributed by atoms with van der Waals surface area (Å²) >= 11 is 0. The molecule has 2 aromatic rings. The van der Waals surface area contributed by atoms with Gasteiger partial charge >= 0.3 is 0 Å². The fraction of sp³-hybridized carbons (Fsp3) is 0.421. The van der Waals surface area contributed by atoms with E-state index in [4.69, 9.17) is 4.52 Å². The van der Waals surface area contributed by atoms with Crippen molar-refractivity contribution in [3.63, 3.8) is 0 Å². The average Bonchev–Trinajstić information content (AvgIpc) is 3.05. The molecule has 1 aromatic heterocycles. The summed E-state index contributed by atoms with van der Waals surface area (Å²) in [4.78, 5) is 28.2. The van der Waals surface area contributed by atoms with Crippen LogP contribution in [-0.4, -0.2) is 39.4 Å². The molecule has 26 heavy (non-hydrogen) atoms. The minimum Gasteiger partial charge on any atom is -0.359 e. The van der Waals surface area contributed by atoms with Crippen molar-refractivity contribution in [3.05, 3.63) is 53.2 Å². The van der Waals surface area contributed by atoms with Crippen molar-refractivity contribution in [1.29, 1.82) is 0 Å². The lowest BCUT2D eigenvalue weighted by Gasteiger charge is -2.38. The Labute approximate surface area is 151 Å². The Kier molecular flexibility index (Phi) is 5.06. The minimum absolute atomic E-state index is 0.0368. The Morgan fingerprint density at radius 2 is 2.04 bits per heavy atom. The van der Waals surface area contributed by atoms with Crippen LogP contribution in [0.5, 0.6) is 0 Å². The number of rotatable bonds is 5. The van der Waals surface area contributed by atoms with Crippen molar-refractivity contribution in [2.75, 3.05) is 6.54 Å². The quantitative estimate of drug-likeness (QED) is 0.823.